The number of aromatic nitrogens is 2. The number of rotatable bonds is 2. The second-order valence-electron chi connectivity index (χ2n) is 2.72. The number of carbonyl (C=O) groups excluding carboxylic acids is 1. The lowest BCUT2D eigenvalue weighted by Gasteiger charge is -1.93. The zero-order valence-corrected chi connectivity index (χ0v) is 9.64. The standard InChI is InChI=1S/C8H10N2O2PS/c1-3-12-7(11)6-10-4-5-14-8(10)9(2)13-6/h4-5H,3H2,1-2H3/q+1. The Bertz CT molecular complexity index is 477. The van der Waals surface area contributed by atoms with Crippen molar-refractivity contribution in [1.29, 1.82) is 0 Å². The van der Waals surface area contributed by atoms with Crippen LogP contribution in [0.3, 0.4) is 0 Å². The van der Waals surface area contributed by atoms with Crippen molar-refractivity contribution < 1.29 is 13.9 Å². The molecule has 0 amide bonds. The molecular formula is C8H10N2O2PS+. The summed E-state index contributed by atoms with van der Waals surface area (Å²) in [6, 6.07) is 0. The highest BCUT2D eigenvalue weighted by atomic mass is 32.1. The number of esters is 1. The Labute approximate surface area is 86.9 Å². The van der Waals surface area contributed by atoms with E-state index in [0.29, 0.717) is 12.0 Å². The molecule has 0 atom stereocenters. The lowest BCUT2D eigenvalue weighted by atomic mass is 10.7. The molecule has 0 unspecified atom stereocenters. The van der Waals surface area contributed by atoms with E-state index in [4.69, 9.17) is 4.74 Å². The smallest absolute Gasteiger partial charge is 0.387 e. The molecule has 2 aromatic heterocycles. The van der Waals surface area contributed by atoms with Crippen molar-refractivity contribution in [2.75, 3.05) is 6.61 Å². The summed E-state index contributed by atoms with van der Waals surface area (Å²) in [5.74, 6) is -0.233. The lowest BCUT2D eigenvalue weighted by Crippen LogP contribution is -2.25. The molecule has 6 heteroatoms. The molecule has 2 aromatic rings. The molecular weight excluding hydrogens is 219 g/mol. The molecule has 0 aromatic carbocycles. The second kappa shape index (κ2) is 3.67. The highest BCUT2D eigenvalue weighted by molar-refractivity contribution is 7.29. The summed E-state index contributed by atoms with van der Waals surface area (Å²) in [5, 5.41) is 1.96. The summed E-state index contributed by atoms with van der Waals surface area (Å²) in [6.45, 7) is 2.23. The number of ether oxygens (including phenoxy) is 1. The van der Waals surface area contributed by atoms with Crippen LogP contribution in [-0.4, -0.2) is 16.9 Å². The van der Waals surface area contributed by atoms with Gasteiger partial charge in [-0.25, -0.2) is 9.12 Å². The molecule has 0 aliphatic heterocycles. The van der Waals surface area contributed by atoms with Gasteiger partial charge < -0.3 is 4.74 Å². The van der Waals surface area contributed by atoms with Gasteiger partial charge in [-0.05, 0) is 6.92 Å². The second-order valence-corrected chi connectivity index (χ2v) is 4.82. The van der Waals surface area contributed by atoms with Crippen LogP contribution in [0.25, 0.3) is 4.96 Å². The fourth-order valence-corrected chi connectivity index (χ4v) is 3.16. The van der Waals surface area contributed by atoms with Crippen LogP contribution < -0.4 is 4.40 Å². The monoisotopic (exact) mass is 229 g/mol. The van der Waals surface area contributed by atoms with Crippen LogP contribution in [0.1, 0.15) is 17.1 Å². The number of thiazole rings is 1. The summed E-state index contributed by atoms with van der Waals surface area (Å²) in [5.41, 5.74) is 0.672. The number of hydrogen-bond donors (Lipinski definition) is 0. The Hall–Kier alpha value is -0.930. The van der Waals surface area contributed by atoms with Gasteiger partial charge in [0.2, 0.25) is 0 Å². The minimum atomic E-state index is -0.233. The molecule has 14 heavy (non-hydrogen) atoms. The minimum absolute atomic E-state index is 0.233. The first-order valence-electron chi connectivity index (χ1n) is 4.23. The Morgan fingerprint density at radius 2 is 2.57 bits per heavy atom. The predicted octanol–water partition coefficient (Wildman–Crippen LogP) is 1.58. The largest absolute Gasteiger partial charge is 0.459 e. The SMILES string of the molecule is CCOC(=O)c1pn(C)c2scc[n+]12. The number of fused-ring (bicyclic) bond motifs is 1. The first kappa shape index (κ1) is 9.62. The third-order valence-corrected chi connectivity index (χ3v) is 3.95. The molecule has 0 bridgehead atoms. The summed E-state index contributed by atoms with van der Waals surface area (Å²) < 4.78 is 8.86. The molecule has 74 valence electrons. The fraction of sp³-hybridized carbons (Fsp3) is 0.375. The Morgan fingerprint density at radius 3 is 3.29 bits per heavy atom. The molecule has 0 N–H and O–H groups in total. The van der Waals surface area contributed by atoms with Crippen LogP contribution in [0.5, 0.6) is 0 Å². The molecule has 2 rings (SSSR count). The Morgan fingerprint density at radius 1 is 1.79 bits per heavy atom. The maximum absolute atomic E-state index is 11.5. The van der Waals surface area contributed by atoms with Crippen molar-refractivity contribution in [2.45, 2.75) is 6.92 Å². The quantitative estimate of drug-likeness (QED) is 0.579. The van der Waals surface area contributed by atoms with E-state index in [1.165, 1.54) is 0 Å². The Balaban J connectivity index is 2.51. The molecule has 0 saturated heterocycles. The van der Waals surface area contributed by atoms with E-state index in [1.54, 1.807) is 11.3 Å². The van der Waals surface area contributed by atoms with Crippen molar-refractivity contribution >= 4 is 30.6 Å². The summed E-state index contributed by atoms with van der Waals surface area (Å²) in [6.07, 6.45) is 1.89. The van der Waals surface area contributed by atoms with E-state index >= 15 is 0 Å². The van der Waals surface area contributed by atoms with Crippen LogP contribution in [0, 0.1) is 0 Å². The van der Waals surface area contributed by atoms with Gasteiger partial charge in [0.05, 0.1) is 13.7 Å². The highest BCUT2D eigenvalue weighted by Gasteiger charge is 2.23. The maximum Gasteiger partial charge on any atom is 0.387 e. The predicted molar refractivity (Wildman–Crippen MR) is 54.9 cm³/mol. The van der Waals surface area contributed by atoms with Gasteiger partial charge in [0, 0.05) is 5.38 Å². The van der Waals surface area contributed by atoms with E-state index < -0.39 is 0 Å². The first-order valence-corrected chi connectivity index (χ1v) is 5.95. The van der Waals surface area contributed by atoms with Crippen LogP contribution in [-0.2, 0) is 11.8 Å². The third-order valence-electron chi connectivity index (χ3n) is 1.80. The lowest BCUT2D eigenvalue weighted by molar-refractivity contribution is -0.507. The van der Waals surface area contributed by atoms with Crippen LogP contribution in [0.2, 0.25) is 0 Å². The molecule has 4 nitrogen and oxygen atoms in total. The highest BCUT2D eigenvalue weighted by Crippen LogP contribution is 2.18. The van der Waals surface area contributed by atoms with Crippen molar-refractivity contribution in [2.24, 2.45) is 7.05 Å². The van der Waals surface area contributed by atoms with E-state index in [9.17, 15) is 4.79 Å². The summed E-state index contributed by atoms with van der Waals surface area (Å²) >= 11 is 1.61. The van der Waals surface area contributed by atoms with E-state index in [-0.39, 0.29) is 5.97 Å². The van der Waals surface area contributed by atoms with E-state index in [0.717, 1.165) is 13.3 Å². The van der Waals surface area contributed by atoms with Crippen LogP contribution >= 0.6 is 19.7 Å². The normalized spacial score (nSPS) is 11.3. The van der Waals surface area contributed by atoms with Gasteiger partial charge >= 0.3 is 10.9 Å². The average molecular weight is 229 g/mol. The van der Waals surface area contributed by atoms with Gasteiger partial charge in [-0.2, -0.15) is 4.40 Å². The number of carbonyl (C=O) groups is 1. The molecule has 0 aliphatic carbocycles. The number of aryl methyl sites for hydroxylation is 1. The number of hydrogen-bond acceptors (Lipinski definition) is 3. The van der Waals surface area contributed by atoms with Gasteiger partial charge in [-0.15, -0.1) is 0 Å². The molecule has 0 aliphatic rings. The van der Waals surface area contributed by atoms with E-state index in [1.807, 2.05) is 34.3 Å². The van der Waals surface area contributed by atoms with Gasteiger partial charge in [-0.1, -0.05) is 11.3 Å². The van der Waals surface area contributed by atoms with Crippen molar-refractivity contribution in [1.82, 2.24) is 4.33 Å². The van der Waals surface area contributed by atoms with Crippen LogP contribution in [0.15, 0.2) is 11.6 Å². The Kier molecular flexibility index (Phi) is 2.52. The fourth-order valence-electron chi connectivity index (χ4n) is 1.23. The molecule has 2 heterocycles. The maximum atomic E-state index is 11.5. The van der Waals surface area contributed by atoms with Gasteiger partial charge in [0.15, 0.2) is 8.35 Å². The van der Waals surface area contributed by atoms with Crippen LogP contribution in [0.4, 0.5) is 0 Å². The topological polar surface area (TPSA) is 35.3 Å². The number of nitrogens with zero attached hydrogens (tertiary/aromatic N) is 2. The zero-order chi connectivity index (χ0) is 10.1. The summed E-state index contributed by atoms with van der Waals surface area (Å²) in [4.78, 5) is 12.6. The molecule has 0 radical (unpaired) electrons. The van der Waals surface area contributed by atoms with Crippen molar-refractivity contribution in [3.63, 3.8) is 0 Å². The average Bonchev–Trinajstić information content (AvgIpc) is 2.70. The van der Waals surface area contributed by atoms with Crippen molar-refractivity contribution in [3.05, 3.63) is 17.0 Å². The van der Waals surface area contributed by atoms with Gasteiger partial charge in [0.1, 0.15) is 6.20 Å². The third kappa shape index (κ3) is 1.42. The summed E-state index contributed by atoms with van der Waals surface area (Å²) in [7, 11) is 2.84. The molecule has 0 saturated carbocycles. The van der Waals surface area contributed by atoms with E-state index in [2.05, 4.69) is 0 Å². The van der Waals surface area contributed by atoms with Gasteiger partial charge in [0.25, 0.3) is 5.43 Å². The molecule has 0 spiro atoms. The van der Waals surface area contributed by atoms with Gasteiger partial charge in [-0.3, -0.25) is 0 Å². The minimum Gasteiger partial charge on any atom is -0.459 e. The zero-order valence-electron chi connectivity index (χ0n) is 7.93. The first-order chi connectivity index (χ1) is 6.74. The molecule has 0 fully saturated rings. The van der Waals surface area contributed by atoms with Crippen molar-refractivity contribution in [3.8, 4) is 0 Å².